The molecule has 1 atom stereocenters. The summed E-state index contributed by atoms with van der Waals surface area (Å²) in [5, 5.41) is 0. The normalized spacial score (nSPS) is 16.0. The highest BCUT2D eigenvalue weighted by molar-refractivity contribution is 6.11. The molecule has 3 rings (SSSR count). The quantitative estimate of drug-likeness (QED) is 0.722. The van der Waals surface area contributed by atoms with Gasteiger partial charge >= 0.3 is 0 Å². The summed E-state index contributed by atoms with van der Waals surface area (Å²) in [6.45, 7) is 2.15. The molecule has 0 aliphatic heterocycles. The highest BCUT2D eigenvalue weighted by Crippen LogP contribution is 2.37. The fourth-order valence-electron chi connectivity index (χ4n) is 3.06. The predicted molar refractivity (Wildman–Crippen MR) is 99.2 cm³/mol. The molecule has 0 heterocycles. The molecular weight excluding hydrogens is 292 g/mol. The second-order valence-corrected chi connectivity index (χ2v) is 5.90. The molecule has 1 heteroatoms. The molecular formula is C23H20O. The molecule has 0 spiro atoms. The molecule has 0 saturated heterocycles. The summed E-state index contributed by atoms with van der Waals surface area (Å²) < 4.78 is 0. The van der Waals surface area contributed by atoms with Crippen LogP contribution in [-0.4, -0.2) is 5.78 Å². The van der Waals surface area contributed by atoms with Gasteiger partial charge in [0.25, 0.3) is 0 Å². The monoisotopic (exact) mass is 312 g/mol. The molecule has 0 fully saturated rings. The average Bonchev–Trinajstić information content (AvgIpc) is 3.05. The van der Waals surface area contributed by atoms with Crippen molar-refractivity contribution in [2.24, 2.45) is 5.92 Å². The first-order valence-electron chi connectivity index (χ1n) is 8.38. The maximum atomic E-state index is 12.6. The third-order valence-corrected chi connectivity index (χ3v) is 4.23. The van der Waals surface area contributed by atoms with Gasteiger partial charge in [-0.1, -0.05) is 79.9 Å². The van der Waals surface area contributed by atoms with Crippen LogP contribution < -0.4 is 0 Å². The summed E-state index contributed by atoms with van der Waals surface area (Å²) in [6.07, 6.45) is 6.02. The van der Waals surface area contributed by atoms with E-state index < -0.39 is 0 Å². The first kappa shape index (κ1) is 16.0. The molecule has 0 amide bonds. The molecule has 24 heavy (non-hydrogen) atoms. The Morgan fingerprint density at radius 3 is 2.29 bits per heavy atom. The molecule has 118 valence electrons. The van der Waals surface area contributed by atoms with Crippen molar-refractivity contribution in [3.63, 3.8) is 0 Å². The first-order chi connectivity index (χ1) is 11.8. The largest absolute Gasteiger partial charge is 0.280 e. The number of benzene rings is 2. The third kappa shape index (κ3) is 3.55. The highest BCUT2D eigenvalue weighted by Gasteiger charge is 2.27. The Balaban J connectivity index is 1.81. The number of allylic oxidation sites excluding steroid dienone is 4. The van der Waals surface area contributed by atoms with E-state index >= 15 is 0 Å². The topological polar surface area (TPSA) is 17.1 Å². The van der Waals surface area contributed by atoms with Crippen LogP contribution in [0.3, 0.4) is 0 Å². The van der Waals surface area contributed by atoms with Crippen molar-refractivity contribution in [2.75, 3.05) is 0 Å². The Bertz CT molecular complexity index is 830. The van der Waals surface area contributed by atoms with Crippen LogP contribution in [0.1, 0.15) is 30.9 Å². The van der Waals surface area contributed by atoms with Crippen LogP contribution in [0.15, 0.2) is 78.4 Å². The predicted octanol–water partition coefficient (Wildman–Crippen LogP) is 5.05. The number of hydrogen-bond acceptors (Lipinski definition) is 1. The third-order valence-electron chi connectivity index (χ3n) is 4.23. The molecule has 0 saturated carbocycles. The van der Waals surface area contributed by atoms with Crippen molar-refractivity contribution in [1.29, 1.82) is 0 Å². The van der Waals surface area contributed by atoms with Gasteiger partial charge in [-0.15, -0.1) is 0 Å². The molecule has 2 aromatic rings. The lowest BCUT2D eigenvalue weighted by Gasteiger charge is -2.17. The van der Waals surface area contributed by atoms with E-state index in [9.17, 15) is 4.79 Å². The molecule has 2 aromatic carbocycles. The Labute approximate surface area is 143 Å². The van der Waals surface area contributed by atoms with Gasteiger partial charge in [-0.3, -0.25) is 4.79 Å². The van der Waals surface area contributed by atoms with Crippen LogP contribution in [0.5, 0.6) is 0 Å². The maximum absolute atomic E-state index is 12.6. The summed E-state index contributed by atoms with van der Waals surface area (Å²) in [7, 11) is 0. The number of rotatable bonds is 4. The number of carbonyl (C=O) groups excluding carboxylic acids is 1. The van der Waals surface area contributed by atoms with Crippen LogP contribution in [0, 0.1) is 17.8 Å². The first-order valence-corrected chi connectivity index (χ1v) is 8.38. The SMILES string of the molecule is CCCC1C(C(=O)C#Cc2ccccc2)=CC=C1c1ccccc1. The van der Waals surface area contributed by atoms with Gasteiger partial charge in [0.2, 0.25) is 5.78 Å². The molecule has 0 aromatic heterocycles. The Morgan fingerprint density at radius 1 is 0.958 bits per heavy atom. The zero-order chi connectivity index (χ0) is 16.8. The smallest absolute Gasteiger partial charge is 0.232 e. The summed E-state index contributed by atoms with van der Waals surface area (Å²) in [5.41, 5.74) is 4.10. The van der Waals surface area contributed by atoms with Gasteiger partial charge in [-0.05, 0) is 35.6 Å². The van der Waals surface area contributed by atoms with Crippen LogP contribution in [0.2, 0.25) is 0 Å². The maximum Gasteiger partial charge on any atom is 0.232 e. The van der Waals surface area contributed by atoms with Crippen LogP contribution in [0.4, 0.5) is 0 Å². The van der Waals surface area contributed by atoms with Crippen molar-refractivity contribution >= 4 is 11.4 Å². The van der Waals surface area contributed by atoms with Crippen molar-refractivity contribution in [1.82, 2.24) is 0 Å². The summed E-state index contributed by atoms with van der Waals surface area (Å²) in [6, 6.07) is 19.9. The lowest BCUT2D eigenvalue weighted by Crippen LogP contribution is -2.11. The minimum atomic E-state index is -0.0699. The van der Waals surface area contributed by atoms with Gasteiger partial charge in [0.1, 0.15) is 0 Å². The van der Waals surface area contributed by atoms with Gasteiger partial charge in [-0.25, -0.2) is 0 Å². The van der Waals surface area contributed by atoms with E-state index in [0.717, 1.165) is 24.0 Å². The summed E-state index contributed by atoms with van der Waals surface area (Å²) >= 11 is 0. The van der Waals surface area contributed by atoms with E-state index in [4.69, 9.17) is 0 Å². The Kier molecular flexibility index (Phi) is 5.08. The Hall–Kier alpha value is -2.85. The number of carbonyl (C=O) groups is 1. The molecule has 0 N–H and O–H groups in total. The fraction of sp³-hybridized carbons (Fsp3) is 0.174. The van der Waals surface area contributed by atoms with Crippen molar-refractivity contribution in [3.05, 3.63) is 89.5 Å². The Morgan fingerprint density at radius 2 is 1.62 bits per heavy atom. The zero-order valence-corrected chi connectivity index (χ0v) is 13.8. The van der Waals surface area contributed by atoms with Gasteiger partial charge in [0.15, 0.2) is 0 Å². The molecule has 1 aliphatic rings. The van der Waals surface area contributed by atoms with E-state index in [0.29, 0.717) is 0 Å². The van der Waals surface area contributed by atoms with Gasteiger partial charge in [0.05, 0.1) is 0 Å². The van der Waals surface area contributed by atoms with Crippen molar-refractivity contribution in [2.45, 2.75) is 19.8 Å². The van der Waals surface area contributed by atoms with Crippen molar-refractivity contribution in [3.8, 4) is 11.8 Å². The van der Waals surface area contributed by atoms with E-state index in [1.165, 1.54) is 11.1 Å². The number of hydrogen-bond donors (Lipinski definition) is 0. The lowest BCUT2D eigenvalue weighted by atomic mass is 9.85. The standard InChI is InChI=1S/C23H20O/c1-2-9-21-20(19-12-7-4-8-13-19)15-16-22(21)23(24)17-14-18-10-5-3-6-11-18/h3-8,10-13,15-16,21H,2,9H2,1H3. The molecule has 0 radical (unpaired) electrons. The second kappa shape index (κ2) is 7.62. The highest BCUT2D eigenvalue weighted by atomic mass is 16.1. The second-order valence-electron chi connectivity index (χ2n) is 5.90. The molecule has 0 bridgehead atoms. The summed E-state index contributed by atoms with van der Waals surface area (Å²) in [5.74, 6) is 5.86. The van der Waals surface area contributed by atoms with Gasteiger partial charge < -0.3 is 0 Å². The van der Waals surface area contributed by atoms with Crippen LogP contribution in [0.25, 0.3) is 5.57 Å². The van der Waals surface area contributed by atoms with E-state index in [1.54, 1.807) is 0 Å². The van der Waals surface area contributed by atoms with E-state index in [1.807, 2.05) is 54.6 Å². The van der Waals surface area contributed by atoms with Crippen LogP contribution in [-0.2, 0) is 4.79 Å². The van der Waals surface area contributed by atoms with E-state index in [-0.39, 0.29) is 11.7 Å². The summed E-state index contributed by atoms with van der Waals surface area (Å²) in [4.78, 5) is 12.6. The molecule has 1 aliphatic carbocycles. The van der Waals surface area contributed by atoms with Gasteiger partial charge in [0, 0.05) is 17.1 Å². The number of ketones is 1. The minimum Gasteiger partial charge on any atom is -0.280 e. The zero-order valence-electron chi connectivity index (χ0n) is 13.8. The fourth-order valence-corrected chi connectivity index (χ4v) is 3.06. The molecule has 1 nitrogen and oxygen atoms in total. The average molecular weight is 312 g/mol. The number of Topliss-reactive ketones (excluding diaryl/α,β-unsaturated/α-hetero) is 1. The van der Waals surface area contributed by atoms with Crippen molar-refractivity contribution < 1.29 is 4.79 Å². The lowest BCUT2D eigenvalue weighted by molar-refractivity contribution is -0.110. The minimum absolute atomic E-state index is 0.0699. The van der Waals surface area contributed by atoms with E-state index in [2.05, 4.69) is 37.0 Å². The van der Waals surface area contributed by atoms with Gasteiger partial charge in [-0.2, -0.15) is 0 Å². The van der Waals surface area contributed by atoms with Crippen LogP contribution >= 0.6 is 0 Å². The molecule has 1 unspecified atom stereocenters.